The molecule has 0 saturated heterocycles. The van der Waals surface area contributed by atoms with Crippen LogP contribution in [0.4, 0.5) is 0 Å². The molecule has 28 heteroatoms. The highest BCUT2D eigenvalue weighted by molar-refractivity contribution is 7.89. The van der Waals surface area contributed by atoms with E-state index in [-0.39, 0.29) is 163 Å². The van der Waals surface area contributed by atoms with Gasteiger partial charge in [-0.25, -0.2) is 26.3 Å². The first kappa shape index (κ1) is 70.2. The minimum absolute atomic E-state index is 0.00645. The second kappa shape index (κ2) is 33.6. The summed E-state index contributed by atoms with van der Waals surface area (Å²) in [5.74, 6) is -1.36. The summed E-state index contributed by atoms with van der Waals surface area (Å²) < 4.78 is 91.9. The SMILES string of the molecule is CN(C)[C@@H]1Cc2cc(Cl)cc(Cl)c2[C@H]1Oc1ccc(S(=O)(=O)NCCOCCOCCNC(=O)CCC(C)(CCC(=O)NCCOCCOCCNS(=O)(=O)c2ccc(O[C@H]3c4cc(Cl)cc(Cl)c4C[C@@H]3N(C)C)cc2)NC(=O)CCC(=O)O)cc1. The number of likely N-dealkylation sites (N-methyl/N-ethyl adjacent to an activating group) is 2. The summed E-state index contributed by atoms with van der Waals surface area (Å²) in [6.07, 6.45) is 0.234. The molecular formula is C58H77Cl4N7O15S2. The Balaban J connectivity index is 0.793. The number of fused-ring (bicyclic) bond motifs is 2. The van der Waals surface area contributed by atoms with Crippen LogP contribution in [-0.2, 0) is 71.0 Å². The Labute approximate surface area is 523 Å². The summed E-state index contributed by atoms with van der Waals surface area (Å²) in [4.78, 5) is 53.7. The van der Waals surface area contributed by atoms with Crippen LogP contribution in [0.2, 0.25) is 20.1 Å². The van der Waals surface area contributed by atoms with Crippen molar-refractivity contribution in [3.8, 4) is 11.5 Å². The van der Waals surface area contributed by atoms with Crippen LogP contribution in [0.5, 0.6) is 11.5 Å². The van der Waals surface area contributed by atoms with Crippen molar-refractivity contribution in [2.75, 3.05) is 107 Å². The predicted octanol–water partition coefficient (Wildman–Crippen LogP) is 6.37. The Morgan fingerprint density at radius 1 is 0.558 bits per heavy atom. The van der Waals surface area contributed by atoms with Crippen molar-refractivity contribution in [1.82, 2.24) is 35.2 Å². The number of rotatable bonds is 38. The second-order valence-electron chi connectivity index (χ2n) is 21.4. The van der Waals surface area contributed by atoms with Crippen molar-refractivity contribution in [3.05, 3.63) is 115 Å². The monoisotopic (exact) mass is 1320 g/mol. The maximum absolute atomic E-state index is 13.0. The number of ether oxygens (including phenoxy) is 6. The topological polar surface area (TPSA) is 279 Å². The molecule has 0 fully saturated rings. The van der Waals surface area contributed by atoms with Crippen molar-refractivity contribution in [3.63, 3.8) is 0 Å². The van der Waals surface area contributed by atoms with Gasteiger partial charge in [0.15, 0.2) is 0 Å². The molecule has 1 unspecified atom stereocenters. The molecule has 0 saturated carbocycles. The standard InChI is InChI=1S/C58H77Cl4N7O15S2/c1-58(67-53(72)14-15-54(73)74,18-16-51(70)63-20-24-79-28-30-81-26-22-65-85(75,76)43-10-6-41(7-11-43)83-56-46-34-40(60)35-47(61)45(46)37-50(56)69(4)5)19-17-52(71)64-21-25-80-29-31-82-27-23-66-86(77,78)44-12-8-42(9-13-44)84-57-49(68(2)3)33-38-32-39(59)36-48(62)55(38)57/h6-13,32,34-36,49-50,56-57,65-66H,14-31,33,37H2,1-5H3,(H,63,70)(H,64,71)(H,67,72)(H,73,74)/t49-,50+,56+,57+,58?/m1/s1. The van der Waals surface area contributed by atoms with E-state index in [1.807, 2.05) is 40.3 Å². The minimum atomic E-state index is -3.85. The number of carbonyl (C=O) groups excluding carboxylic acids is 3. The highest BCUT2D eigenvalue weighted by atomic mass is 35.5. The van der Waals surface area contributed by atoms with Crippen molar-refractivity contribution >= 4 is 90.1 Å². The van der Waals surface area contributed by atoms with Crippen LogP contribution in [0.15, 0.2) is 82.6 Å². The summed E-state index contributed by atoms with van der Waals surface area (Å²) in [5, 5.41) is 19.5. The molecule has 4 aromatic rings. The predicted molar refractivity (Wildman–Crippen MR) is 326 cm³/mol. The van der Waals surface area contributed by atoms with E-state index in [1.165, 1.54) is 24.3 Å². The third-order valence-corrected chi connectivity index (χ3v) is 18.4. The van der Waals surface area contributed by atoms with E-state index in [2.05, 4.69) is 35.2 Å². The number of nitrogens with zero attached hydrogens (tertiary/aromatic N) is 2. The fourth-order valence-corrected chi connectivity index (χ4v) is 13.1. The molecule has 0 spiro atoms. The zero-order valence-corrected chi connectivity index (χ0v) is 53.4. The summed E-state index contributed by atoms with van der Waals surface area (Å²) in [5.41, 5.74) is 2.70. The lowest BCUT2D eigenvalue weighted by Gasteiger charge is -2.31. The molecule has 22 nitrogen and oxygen atoms in total. The van der Waals surface area contributed by atoms with E-state index >= 15 is 0 Å². The molecule has 6 rings (SSSR count). The molecule has 2 aliphatic rings. The molecular weight excluding hydrogens is 1240 g/mol. The molecule has 86 heavy (non-hydrogen) atoms. The summed E-state index contributed by atoms with van der Waals surface area (Å²) in [6, 6.07) is 19.4. The smallest absolute Gasteiger partial charge is 0.303 e. The van der Waals surface area contributed by atoms with Crippen LogP contribution in [0.3, 0.4) is 0 Å². The number of hydrogen-bond acceptors (Lipinski definition) is 16. The molecule has 0 radical (unpaired) electrons. The number of amides is 3. The Hall–Kier alpha value is -4.90. The lowest BCUT2D eigenvalue weighted by atomic mass is 9.89. The fourth-order valence-electron chi connectivity index (χ4n) is 9.80. The van der Waals surface area contributed by atoms with E-state index in [0.717, 1.165) is 22.3 Å². The lowest BCUT2D eigenvalue weighted by molar-refractivity contribution is -0.139. The molecule has 0 aliphatic heterocycles. The Morgan fingerprint density at radius 2 is 1.00 bits per heavy atom. The van der Waals surface area contributed by atoms with E-state index in [9.17, 15) is 36.0 Å². The zero-order valence-electron chi connectivity index (χ0n) is 48.8. The van der Waals surface area contributed by atoms with Gasteiger partial charge in [-0.05, 0) is 145 Å². The second-order valence-corrected chi connectivity index (χ2v) is 26.6. The van der Waals surface area contributed by atoms with E-state index in [4.69, 9.17) is 79.9 Å². The number of sulfonamides is 2. The third-order valence-electron chi connectivity index (χ3n) is 14.4. The van der Waals surface area contributed by atoms with E-state index in [1.54, 1.807) is 43.3 Å². The quantitative estimate of drug-likeness (QED) is 0.0266. The Kier molecular flexibility index (Phi) is 27.4. The van der Waals surface area contributed by atoms with Gasteiger partial charge in [0.2, 0.25) is 37.8 Å². The number of halogens is 4. The maximum atomic E-state index is 13.0. The van der Waals surface area contributed by atoms with Gasteiger partial charge in [0, 0.05) is 82.2 Å². The van der Waals surface area contributed by atoms with Crippen LogP contribution in [0, 0.1) is 0 Å². The molecule has 6 N–H and O–H groups in total. The van der Waals surface area contributed by atoms with Gasteiger partial charge in [-0.2, -0.15) is 0 Å². The Bertz CT molecular complexity index is 3150. The number of carbonyl (C=O) groups is 4. The highest BCUT2D eigenvalue weighted by Crippen LogP contribution is 2.44. The van der Waals surface area contributed by atoms with Crippen LogP contribution in [-0.4, -0.2) is 180 Å². The first-order valence-electron chi connectivity index (χ1n) is 28.0. The van der Waals surface area contributed by atoms with Crippen LogP contribution in [0.25, 0.3) is 0 Å². The van der Waals surface area contributed by atoms with E-state index < -0.39 is 37.5 Å². The number of carboxylic acid groups (broad SMARTS) is 1. The van der Waals surface area contributed by atoms with Gasteiger partial charge in [0.05, 0.1) is 81.2 Å². The molecule has 2 aliphatic carbocycles. The van der Waals surface area contributed by atoms with Gasteiger partial charge < -0.3 is 59.3 Å². The average Bonchev–Trinajstić information content (AvgIpc) is 1.71. The van der Waals surface area contributed by atoms with Gasteiger partial charge in [0.1, 0.15) is 23.7 Å². The number of carboxylic acids is 1. The summed E-state index contributed by atoms with van der Waals surface area (Å²) >= 11 is 25.6. The number of hydrogen-bond donors (Lipinski definition) is 6. The molecule has 474 valence electrons. The first-order chi connectivity index (χ1) is 40.8. The van der Waals surface area contributed by atoms with Crippen molar-refractivity contribution in [2.45, 2.75) is 97.9 Å². The first-order valence-corrected chi connectivity index (χ1v) is 32.5. The van der Waals surface area contributed by atoms with Crippen molar-refractivity contribution in [1.29, 1.82) is 0 Å². The minimum Gasteiger partial charge on any atom is -0.484 e. The van der Waals surface area contributed by atoms with Crippen LogP contribution >= 0.6 is 46.4 Å². The van der Waals surface area contributed by atoms with Gasteiger partial charge >= 0.3 is 5.97 Å². The van der Waals surface area contributed by atoms with Gasteiger partial charge in [-0.1, -0.05) is 46.4 Å². The molecule has 5 atom stereocenters. The van der Waals surface area contributed by atoms with Crippen LogP contribution in [0.1, 0.15) is 79.9 Å². The van der Waals surface area contributed by atoms with Crippen molar-refractivity contribution in [2.24, 2.45) is 0 Å². The van der Waals surface area contributed by atoms with Gasteiger partial charge in [-0.3, -0.25) is 19.2 Å². The fraction of sp³-hybridized carbons (Fsp3) is 0.517. The lowest BCUT2D eigenvalue weighted by Crippen LogP contribution is -2.47. The maximum Gasteiger partial charge on any atom is 0.303 e. The van der Waals surface area contributed by atoms with Crippen LogP contribution < -0.4 is 34.9 Å². The largest absolute Gasteiger partial charge is 0.484 e. The normalized spacial score (nSPS) is 17.2. The third kappa shape index (κ3) is 21.7. The number of benzene rings is 4. The number of nitrogens with one attached hydrogen (secondary N) is 5. The summed E-state index contributed by atoms with van der Waals surface area (Å²) in [7, 11) is 0.138. The Morgan fingerprint density at radius 3 is 1.48 bits per heavy atom. The molecule has 3 amide bonds. The molecule has 0 bridgehead atoms. The van der Waals surface area contributed by atoms with Crippen molar-refractivity contribution < 1.29 is 69.5 Å². The molecule has 4 aromatic carbocycles. The van der Waals surface area contributed by atoms with Gasteiger partial charge in [-0.15, -0.1) is 0 Å². The highest BCUT2D eigenvalue weighted by Gasteiger charge is 2.39. The number of aliphatic carboxylic acids is 1. The van der Waals surface area contributed by atoms with E-state index in [0.29, 0.717) is 44.4 Å². The average molecular weight is 1320 g/mol. The summed E-state index contributed by atoms with van der Waals surface area (Å²) in [6.45, 7) is 3.24. The molecule has 0 aromatic heterocycles. The zero-order chi connectivity index (χ0) is 62.6. The van der Waals surface area contributed by atoms with Gasteiger partial charge in [0.25, 0.3) is 0 Å². The molecule has 0 heterocycles.